The van der Waals surface area contributed by atoms with E-state index >= 15 is 0 Å². The number of carbonyl (C=O) groups excluding carboxylic acids is 1. The van der Waals surface area contributed by atoms with E-state index in [1.54, 1.807) is 31.5 Å². The van der Waals surface area contributed by atoms with Gasteiger partial charge in [0.2, 0.25) is 5.91 Å². The van der Waals surface area contributed by atoms with Crippen LogP contribution in [0.3, 0.4) is 0 Å². The number of methoxy groups -OCH3 is 1. The summed E-state index contributed by atoms with van der Waals surface area (Å²) in [5.74, 6) is 1.59. The number of likely N-dealkylation sites (N-methyl/N-ethyl adjacent to an activating group) is 1. The zero-order valence-corrected chi connectivity index (χ0v) is 21.3. The molecule has 0 aliphatic carbocycles. The van der Waals surface area contributed by atoms with E-state index in [1.165, 1.54) is 6.33 Å². The molecule has 2 N–H and O–H groups in total. The van der Waals surface area contributed by atoms with Crippen LogP contribution in [0.2, 0.25) is 5.02 Å². The summed E-state index contributed by atoms with van der Waals surface area (Å²) >= 11 is 6.49. The minimum Gasteiger partial charge on any atom is -0.494 e. The first kappa shape index (κ1) is 24.7. The molecule has 0 unspecified atom stereocenters. The van der Waals surface area contributed by atoms with Gasteiger partial charge in [-0.25, -0.2) is 9.97 Å². The van der Waals surface area contributed by atoms with Crippen molar-refractivity contribution >= 4 is 45.6 Å². The van der Waals surface area contributed by atoms with E-state index in [0.29, 0.717) is 40.2 Å². The van der Waals surface area contributed by atoms with Crippen LogP contribution in [-0.2, 0) is 11.4 Å². The lowest BCUT2D eigenvalue weighted by Gasteiger charge is -2.20. The molecule has 1 atom stereocenters. The van der Waals surface area contributed by atoms with E-state index in [9.17, 15) is 4.79 Å². The van der Waals surface area contributed by atoms with Crippen molar-refractivity contribution in [2.45, 2.75) is 25.5 Å². The molecule has 1 amide bonds. The number of carbonyl (C=O) groups is 1. The van der Waals surface area contributed by atoms with Crippen LogP contribution >= 0.6 is 11.6 Å². The van der Waals surface area contributed by atoms with Gasteiger partial charge in [0.1, 0.15) is 30.3 Å². The SMILES string of the molecule is COc1cc2ncnc(Nc3ccc(OCc4ccccn4)c(Cl)c3)c2cc1NC(=O)[C@@H]1CCCN1C. The molecule has 190 valence electrons. The number of rotatable bonds is 8. The molecule has 2 aromatic carbocycles. The highest BCUT2D eigenvalue weighted by molar-refractivity contribution is 6.32. The van der Waals surface area contributed by atoms with Crippen LogP contribution in [0.15, 0.2) is 61.1 Å². The maximum atomic E-state index is 12.9. The Bertz CT molecular complexity index is 1420. The van der Waals surface area contributed by atoms with Gasteiger partial charge in [-0.05, 0) is 62.8 Å². The molecular weight excluding hydrogens is 492 g/mol. The molecule has 2 aromatic heterocycles. The third kappa shape index (κ3) is 5.58. The molecule has 0 spiro atoms. The van der Waals surface area contributed by atoms with E-state index in [4.69, 9.17) is 21.1 Å². The number of aromatic nitrogens is 3. The first-order chi connectivity index (χ1) is 18.0. The second-order valence-corrected chi connectivity index (χ2v) is 9.21. The number of pyridine rings is 1. The number of hydrogen-bond donors (Lipinski definition) is 2. The number of nitrogens with one attached hydrogen (secondary N) is 2. The van der Waals surface area contributed by atoms with Crippen molar-refractivity contribution in [2.24, 2.45) is 0 Å². The summed E-state index contributed by atoms with van der Waals surface area (Å²) in [6.07, 6.45) is 5.03. The second kappa shape index (κ2) is 11.0. The van der Waals surface area contributed by atoms with Crippen molar-refractivity contribution in [1.29, 1.82) is 0 Å². The first-order valence-corrected chi connectivity index (χ1v) is 12.3. The molecule has 9 nitrogen and oxygen atoms in total. The third-order valence-electron chi connectivity index (χ3n) is 6.33. The van der Waals surface area contributed by atoms with Gasteiger partial charge in [-0.3, -0.25) is 14.7 Å². The fourth-order valence-electron chi connectivity index (χ4n) is 4.38. The van der Waals surface area contributed by atoms with E-state index in [-0.39, 0.29) is 11.9 Å². The Kier molecular flexibility index (Phi) is 7.34. The minimum atomic E-state index is -0.162. The molecule has 0 saturated carbocycles. The molecule has 4 aromatic rings. The Balaban J connectivity index is 1.37. The highest BCUT2D eigenvalue weighted by atomic mass is 35.5. The van der Waals surface area contributed by atoms with E-state index in [2.05, 4.69) is 30.5 Å². The lowest BCUT2D eigenvalue weighted by molar-refractivity contribution is -0.119. The summed E-state index contributed by atoms with van der Waals surface area (Å²) in [4.78, 5) is 28.1. The minimum absolute atomic E-state index is 0.0583. The summed E-state index contributed by atoms with van der Waals surface area (Å²) in [5, 5.41) is 7.51. The lowest BCUT2D eigenvalue weighted by Crippen LogP contribution is -2.37. The van der Waals surface area contributed by atoms with Crippen LogP contribution in [0.4, 0.5) is 17.2 Å². The van der Waals surface area contributed by atoms with Gasteiger partial charge in [0, 0.05) is 23.3 Å². The molecule has 1 saturated heterocycles. The first-order valence-electron chi connectivity index (χ1n) is 11.9. The molecule has 5 rings (SSSR count). The number of ether oxygens (including phenoxy) is 2. The van der Waals surface area contributed by atoms with Gasteiger partial charge in [0.05, 0.1) is 35.1 Å². The predicted molar refractivity (Wildman–Crippen MR) is 144 cm³/mol. The normalized spacial score (nSPS) is 15.5. The van der Waals surface area contributed by atoms with Crippen molar-refractivity contribution in [1.82, 2.24) is 19.9 Å². The van der Waals surface area contributed by atoms with Crippen LogP contribution in [0.1, 0.15) is 18.5 Å². The van der Waals surface area contributed by atoms with Gasteiger partial charge >= 0.3 is 0 Å². The topological polar surface area (TPSA) is 102 Å². The summed E-state index contributed by atoms with van der Waals surface area (Å²) in [5.41, 5.74) is 2.77. The lowest BCUT2D eigenvalue weighted by atomic mass is 10.1. The standard InChI is InChI=1S/C27H27ClN6O3/c1-34-11-5-7-23(34)27(35)33-22-13-19-21(14-25(22)36-2)30-16-31-26(19)32-17-8-9-24(20(28)12-17)37-15-18-6-3-4-10-29-18/h3-4,6,8-10,12-14,16,23H,5,7,11,15H2,1-2H3,(H,33,35)(H,30,31,32)/t23-/m0/s1. The summed E-state index contributed by atoms with van der Waals surface area (Å²) in [7, 11) is 3.53. The van der Waals surface area contributed by atoms with Crippen LogP contribution in [0, 0.1) is 0 Å². The largest absolute Gasteiger partial charge is 0.494 e. The van der Waals surface area contributed by atoms with E-state index in [0.717, 1.165) is 36.2 Å². The summed E-state index contributed by atoms with van der Waals surface area (Å²) in [6, 6.07) is 14.5. The smallest absolute Gasteiger partial charge is 0.241 e. The van der Waals surface area contributed by atoms with E-state index < -0.39 is 0 Å². The molecule has 0 radical (unpaired) electrons. The molecule has 10 heteroatoms. The average molecular weight is 519 g/mol. The van der Waals surface area contributed by atoms with Crippen molar-refractivity contribution in [2.75, 3.05) is 31.3 Å². The number of benzene rings is 2. The third-order valence-corrected chi connectivity index (χ3v) is 6.63. The number of likely N-dealkylation sites (tertiary alicyclic amines) is 1. The highest BCUT2D eigenvalue weighted by Gasteiger charge is 2.28. The number of nitrogens with zero attached hydrogens (tertiary/aromatic N) is 4. The number of anilines is 3. The van der Waals surface area contributed by atoms with Gasteiger partial charge in [-0.2, -0.15) is 0 Å². The number of hydrogen-bond acceptors (Lipinski definition) is 8. The zero-order valence-electron chi connectivity index (χ0n) is 20.6. The van der Waals surface area contributed by atoms with Crippen molar-refractivity contribution in [3.63, 3.8) is 0 Å². The molecular formula is C27H27ClN6O3. The second-order valence-electron chi connectivity index (χ2n) is 8.80. The molecule has 0 bridgehead atoms. The van der Waals surface area contributed by atoms with Crippen LogP contribution in [-0.4, -0.2) is 52.5 Å². The Labute approximate surface area is 219 Å². The van der Waals surface area contributed by atoms with Gasteiger partial charge < -0.3 is 20.1 Å². The predicted octanol–water partition coefficient (Wildman–Crippen LogP) is 5.04. The fourth-order valence-corrected chi connectivity index (χ4v) is 4.61. The fraction of sp³-hybridized carbons (Fsp3) is 0.259. The van der Waals surface area contributed by atoms with Crippen molar-refractivity contribution in [3.05, 3.63) is 71.8 Å². The van der Waals surface area contributed by atoms with Gasteiger partial charge in [0.15, 0.2) is 0 Å². The van der Waals surface area contributed by atoms with Gasteiger partial charge in [-0.15, -0.1) is 0 Å². The Hall–Kier alpha value is -3.95. The van der Waals surface area contributed by atoms with Gasteiger partial charge in [-0.1, -0.05) is 17.7 Å². The monoisotopic (exact) mass is 518 g/mol. The average Bonchev–Trinajstić information content (AvgIpc) is 3.34. The maximum Gasteiger partial charge on any atom is 0.241 e. The van der Waals surface area contributed by atoms with Crippen LogP contribution < -0.4 is 20.1 Å². The molecule has 3 heterocycles. The quantitative estimate of drug-likeness (QED) is 0.334. The number of fused-ring (bicyclic) bond motifs is 1. The van der Waals surface area contributed by atoms with Crippen LogP contribution in [0.25, 0.3) is 10.9 Å². The highest BCUT2D eigenvalue weighted by Crippen LogP contribution is 2.35. The van der Waals surface area contributed by atoms with E-state index in [1.807, 2.05) is 37.4 Å². The summed E-state index contributed by atoms with van der Waals surface area (Å²) < 4.78 is 11.4. The molecule has 1 aliphatic heterocycles. The Morgan fingerprint density at radius 3 is 2.76 bits per heavy atom. The zero-order chi connectivity index (χ0) is 25.8. The maximum absolute atomic E-state index is 12.9. The summed E-state index contributed by atoms with van der Waals surface area (Å²) in [6.45, 7) is 1.22. The van der Waals surface area contributed by atoms with Crippen LogP contribution in [0.5, 0.6) is 11.5 Å². The number of amides is 1. The van der Waals surface area contributed by atoms with Gasteiger partial charge in [0.25, 0.3) is 0 Å². The van der Waals surface area contributed by atoms with Crippen molar-refractivity contribution < 1.29 is 14.3 Å². The Morgan fingerprint density at radius 2 is 2.03 bits per heavy atom. The molecule has 37 heavy (non-hydrogen) atoms. The Morgan fingerprint density at radius 1 is 1.14 bits per heavy atom. The molecule has 1 fully saturated rings. The molecule has 1 aliphatic rings. The van der Waals surface area contributed by atoms with Crippen molar-refractivity contribution in [3.8, 4) is 11.5 Å². The number of halogens is 1.